The molecule has 1 aliphatic carbocycles. The molecular weight excluding hydrogens is 447 g/mol. The lowest BCUT2D eigenvalue weighted by Crippen LogP contribution is -2.43. The van der Waals surface area contributed by atoms with Crippen LogP contribution in [0, 0.1) is 0 Å². The Kier molecular flexibility index (Phi) is 5.50. The maximum Gasteiger partial charge on any atom is 0.0979 e. The zero-order valence-electron chi connectivity index (χ0n) is 16.7. The molecule has 2 aromatic rings. The topological polar surface area (TPSA) is 58.2 Å². The van der Waals surface area contributed by atoms with E-state index in [1.54, 1.807) is 0 Å². The normalized spacial score (nSPS) is 30.1. The second kappa shape index (κ2) is 7.43. The molecule has 0 bridgehead atoms. The SMILES string of the molecule is CC1(C)CC(C)(C)S(=O)NC2c3ccc(Cl)cc3-c3cc(Cl)ccc3C2NS1=O. The third-order valence-corrected chi connectivity index (χ3v) is 9.35. The minimum Gasteiger partial charge on any atom is -0.242 e. The Morgan fingerprint density at radius 3 is 1.55 bits per heavy atom. The van der Waals surface area contributed by atoms with Crippen LogP contribution >= 0.6 is 23.2 Å². The van der Waals surface area contributed by atoms with E-state index in [2.05, 4.69) is 9.44 Å². The third kappa shape index (κ3) is 3.84. The first-order chi connectivity index (χ1) is 13.5. The van der Waals surface area contributed by atoms with Crippen LogP contribution in [0.3, 0.4) is 0 Å². The highest BCUT2D eigenvalue weighted by Gasteiger charge is 2.45. The van der Waals surface area contributed by atoms with E-state index in [9.17, 15) is 8.42 Å². The van der Waals surface area contributed by atoms with Crippen molar-refractivity contribution >= 4 is 45.2 Å². The molecule has 4 atom stereocenters. The number of halogens is 2. The van der Waals surface area contributed by atoms with Crippen molar-refractivity contribution in [3.05, 3.63) is 57.6 Å². The van der Waals surface area contributed by atoms with Gasteiger partial charge in [-0.3, -0.25) is 0 Å². The van der Waals surface area contributed by atoms with E-state index in [1.807, 2.05) is 64.1 Å². The van der Waals surface area contributed by atoms with Crippen LogP contribution in [0.2, 0.25) is 10.0 Å². The van der Waals surface area contributed by atoms with Crippen molar-refractivity contribution in [1.82, 2.24) is 9.44 Å². The Morgan fingerprint density at radius 1 is 0.793 bits per heavy atom. The summed E-state index contributed by atoms with van der Waals surface area (Å²) in [4.78, 5) is 0. The van der Waals surface area contributed by atoms with Crippen LogP contribution in [-0.4, -0.2) is 17.9 Å². The summed E-state index contributed by atoms with van der Waals surface area (Å²) in [5, 5.41) is 1.24. The fourth-order valence-corrected chi connectivity index (χ4v) is 7.44. The summed E-state index contributed by atoms with van der Waals surface area (Å²) in [5.41, 5.74) is 3.82. The van der Waals surface area contributed by atoms with Crippen molar-refractivity contribution in [3.8, 4) is 11.1 Å². The van der Waals surface area contributed by atoms with E-state index in [1.165, 1.54) is 0 Å². The second-order valence-corrected chi connectivity index (χ2v) is 13.5. The van der Waals surface area contributed by atoms with Gasteiger partial charge in [0.25, 0.3) is 0 Å². The van der Waals surface area contributed by atoms with Gasteiger partial charge in [-0.1, -0.05) is 35.3 Å². The van der Waals surface area contributed by atoms with Gasteiger partial charge in [-0.2, -0.15) is 0 Å². The number of benzene rings is 2. The molecule has 0 aromatic heterocycles. The van der Waals surface area contributed by atoms with Crippen LogP contribution in [0.4, 0.5) is 0 Å². The zero-order valence-corrected chi connectivity index (χ0v) is 19.9. The lowest BCUT2D eigenvalue weighted by molar-refractivity contribution is 0.488. The summed E-state index contributed by atoms with van der Waals surface area (Å²) in [6.45, 7) is 7.81. The van der Waals surface area contributed by atoms with Gasteiger partial charge < -0.3 is 0 Å². The standard InChI is InChI=1S/C21H24Cl2N2O2S2/c1-20(2)11-21(3,4)29(27)25-19-15-8-6-13(23)10-17(15)16-9-12(22)5-7-14(16)18(19)24-28(20)26/h5-10,18-19,24-25H,11H2,1-4H3. The largest absolute Gasteiger partial charge is 0.242 e. The fourth-order valence-electron chi connectivity index (χ4n) is 4.39. The van der Waals surface area contributed by atoms with Crippen LogP contribution in [0.15, 0.2) is 36.4 Å². The number of hydrogen-bond donors (Lipinski definition) is 2. The predicted octanol–water partition coefficient (Wildman–Crippen LogP) is 5.22. The van der Waals surface area contributed by atoms with Crippen LogP contribution in [0.1, 0.15) is 57.3 Å². The quantitative estimate of drug-likeness (QED) is 0.553. The van der Waals surface area contributed by atoms with Crippen molar-refractivity contribution in [2.45, 2.75) is 55.7 Å². The van der Waals surface area contributed by atoms with Crippen LogP contribution in [-0.2, 0) is 22.0 Å². The molecule has 0 saturated carbocycles. The molecule has 29 heavy (non-hydrogen) atoms. The van der Waals surface area contributed by atoms with E-state index in [0.29, 0.717) is 16.5 Å². The van der Waals surface area contributed by atoms with Gasteiger partial charge in [0.15, 0.2) is 0 Å². The average Bonchev–Trinajstić information content (AvgIpc) is 2.64. The van der Waals surface area contributed by atoms with E-state index >= 15 is 0 Å². The number of nitrogens with one attached hydrogen (secondary N) is 2. The van der Waals surface area contributed by atoms with Crippen molar-refractivity contribution in [2.24, 2.45) is 0 Å². The Hall–Kier alpha value is -0.760. The first kappa shape index (κ1) is 21.5. The summed E-state index contributed by atoms with van der Waals surface area (Å²) in [6.07, 6.45) is 0.541. The molecule has 2 aromatic carbocycles. The van der Waals surface area contributed by atoms with E-state index in [0.717, 1.165) is 22.3 Å². The van der Waals surface area contributed by atoms with Crippen molar-refractivity contribution in [1.29, 1.82) is 0 Å². The molecule has 2 aliphatic rings. The maximum atomic E-state index is 13.4. The lowest BCUT2D eigenvalue weighted by Gasteiger charge is -2.36. The maximum absolute atomic E-state index is 13.4. The average molecular weight is 471 g/mol. The molecular formula is C21H24Cl2N2O2S2. The van der Waals surface area contributed by atoms with Crippen LogP contribution in [0.25, 0.3) is 11.1 Å². The molecule has 0 amide bonds. The van der Waals surface area contributed by atoms with Gasteiger partial charge in [-0.25, -0.2) is 17.9 Å². The Morgan fingerprint density at radius 2 is 1.17 bits per heavy atom. The molecule has 0 spiro atoms. The molecule has 1 saturated heterocycles. The summed E-state index contributed by atoms with van der Waals surface area (Å²) in [6, 6.07) is 10.7. The van der Waals surface area contributed by atoms with Gasteiger partial charge in [0, 0.05) is 10.0 Å². The minimum absolute atomic E-state index is 0.325. The van der Waals surface area contributed by atoms with Crippen LogP contribution in [0.5, 0.6) is 0 Å². The molecule has 2 N–H and O–H groups in total. The van der Waals surface area contributed by atoms with Crippen LogP contribution < -0.4 is 9.44 Å². The van der Waals surface area contributed by atoms with Gasteiger partial charge in [0.2, 0.25) is 0 Å². The summed E-state index contributed by atoms with van der Waals surface area (Å²) >= 11 is 12.6. The highest BCUT2D eigenvalue weighted by molar-refractivity contribution is 7.85. The summed E-state index contributed by atoms with van der Waals surface area (Å²) < 4.78 is 32.3. The molecule has 4 rings (SSSR count). The highest BCUT2D eigenvalue weighted by Crippen LogP contribution is 2.48. The lowest BCUT2D eigenvalue weighted by atomic mass is 9.80. The molecule has 0 radical (unpaired) electrons. The summed E-state index contributed by atoms with van der Waals surface area (Å²) in [5.74, 6) is 0. The highest BCUT2D eigenvalue weighted by atomic mass is 35.5. The zero-order chi connectivity index (χ0) is 21.1. The molecule has 1 aliphatic heterocycles. The number of hydrogen-bond acceptors (Lipinski definition) is 2. The smallest absolute Gasteiger partial charge is 0.0979 e. The molecule has 8 heteroatoms. The number of rotatable bonds is 0. The Balaban J connectivity index is 1.95. The van der Waals surface area contributed by atoms with E-state index in [-0.39, 0.29) is 12.1 Å². The minimum atomic E-state index is -1.35. The van der Waals surface area contributed by atoms with Gasteiger partial charge in [-0.15, -0.1) is 0 Å². The van der Waals surface area contributed by atoms with E-state index < -0.39 is 31.5 Å². The molecule has 4 unspecified atom stereocenters. The van der Waals surface area contributed by atoms with Crippen molar-refractivity contribution in [2.75, 3.05) is 0 Å². The summed E-state index contributed by atoms with van der Waals surface area (Å²) in [7, 11) is -2.69. The third-order valence-electron chi connectivity index (χ3n) is 5.65. The molecule has 156 valence electrons. The Bertz CT molecular complexity index is 958. The monoisotopic (exact) mass is 470 g/mol. The fraction of sp³-hybridized carbons (Fsp3) is 0.429. The number of fused-ring (bicyclic) bond motifs is 6. The predicted molar refractivity (Wildman–Crippen MR) is 123 cm³/mol. The first-order valence-corrected chi connectivity index (χ1v) is 12.5. The van der Waals surface area contributed by atoms with Gasteiger partial charge in [0.1, 0.15) is 0 Å². The second-order valence-electron chi connectivity index (χ2n) is 8.89. The van der Waals surface area contributed by atoms with Gasteiger partial charge in [0.05, 0.1) is 43.5 Å². The van der Waals surface area contributed by atoms with Crippen molar-refractivity contribution in [3.63, 3.8) is 0 Å². The molecule has 4 nitrogen and oxygen atoms in total. The molecule has 1 fully saturated rings. The van der Waals surface area contributed by atoms with Crippen molar-refractivity contribution < 1.29 is 8.42 Å². The van der Waals surface area contributed by atoms with Gasteiger partial charge in [-0.05, 0) is 80.6 Å². The Labute approximate surface area is 186 Å². The van der Waals surface area contributed by atoms with E-state index in [4.69, 9.17) is 23.2 Å². The molecule has 1 heterocycles. The van der Waals surface area contributed by atoms with Gasteiger partial charge >= 0.3 is 0 Å². The first-order valence-electron chi connectivity index (χ1n) is 9.45.